The summed E-state index contributed by atoms with van der Waals surface area (Å²) in [7, 11) is 0. The highest BCUT2D eigenvalue weighted by Crippen LogP contribution is 2.21. The summed E-state index contributed by atoms with van der Waals surface area (Å²) in [5.41, 5.74) is 0.972. The molecule has 0 aliphatic carbocycles. The molecule has 23 heavy (non-hydrogen) atoms. The normalized spacial score (nSPS) is 17.0. The van der Waals surface area contributed by atoms with E-state index in [2.05, 4.69) is 10.3 Å². The topological polar surface area (TPSA) is 60.5 Å². The number of carbonyl (C=O) groups is 1. The molecule has 0 radical (unpaired) electrons. The third-order valence-electron chi connectivity index (χ3n) is 3.56. The second-order valence-electron chi connectivity index (χ2n) is 5.27. The third kappa shape index (κ3) is 4.21. The quantitative estimate of drug-likeness (QED) is 0.851. The van der Waals surface area contributed by atoms with E-state index in [0.717, 1.165) is 19.4 Å². The predicted molar refractivity (Wildman–Crippen MR) is 88.1 cm³/mol. The van der Waals surface area contributed by atoms with Crippen LogP contribution in [0, 0.1) is 0 Å². The summed E-state index contributed by atoms with van der Waals surface area (Å²) in [5, 5.41) is 2.97. The SMILES string of the molecule is O=C(Nc1cccc(OC[C@H]2CCCO2)c1)c1cccnc1Cl. The number of ether oxygens (including phenoxy) is 2. The number of aromatic nitrogens is 1. The first kappa shape index (κ1) is 15.8. The van der Waals surface area contributed by atoms with Crippen molar-refractivity contribution >= 4 is 23.2 Å². The molecule has 1 saturated heterocycles. The molecule has 2 aromatic rings. The number of pyridine rings is 1. The molecule has 1 aromatic heterocycles. The van der Waals surface area contributed by atoms with Gasteiger partial charge < -0.3 is 14.8 Å². The average molecular weight is 333 g/mol. The van der Waals surface area contributed by atoms with E-state index in [4.69, 9.17) is 21.1 Å². The Hall–Kier alpha value is -2.11. The molecular formula is C17H17ClN2O3. The molecule has 1 fully saturated rings. The Kier molecular flexibility index (Phi) is 5.10. The molecule has 5 nitrogen and oxygen atoms in total. The Balaban J connectivity index is 1.63. The second-order valence-corrected chi connectivity index (χ2v) is 5.63. The largest absolute Gasteiger partial charge is 0.491 e. The van der Waals surface area contributed by atoms with E-state index < -0.39 is 0 Å². The lowest BCUT2D eigenvalue weighted by Gasteiger charge is -2.12. The van der Waals surface area contributed by atoms with Gasteiger partial charge in [-0.05, 0) is 37.1 Å². The van der Waals surface area contributed by atoms with E-state index in [1.165, 1.54) is 0 Å². The maximum Gasteiger partial charge on any atom is 0.258 e. The zero-order valence-corrected chi connectivity index (χ0v) is 13.3. The van der Waals surface area contributed by atoms with Crippen molar-refractivity contribution in [2.75, 3.05) is 18.5 Å². The molecular weight excluding hydrogens is 316 g/mol. The van der Waals surface area contributed by atoms with E-state index in [0.29, 0.717) is 23.6 Å². The highest BCUT2D eigenvalue weighted by Gasteiger charge is 2.16. The molecule has 1 N–H and O–H groups in total. The van der Waals surface area contributed by atoms with Crippen molar-refractivity contribution < 1.29 is 14.3 Å². The van der Waals surface area contributed by atoms with Crippen LogP contribution >= 0.6 is 11.6 Å². The first-order chi connectivity index (χ1) is 11.2. The Morgan fingerprint density at radius 2 is 2.30 bits per heavy atom. The number of rotatable bonds is 5. The summed E-state index contributed by atoms with van der Waals surface area (Å²) in [6, 6.07) is 10.5. The minimum atomic E-state index is -0.306. The monoisotopic (exact) mass is 332 g/mol. The van der Waals surface area contributed by atoms with Gasteiger partial charge in [0, 0.05) is 24.6 Å². The van der Waals surface area contributed by atoms with Gasteiger partial charge in [-0.1, -0.05) is 17.7 Å². The molecule has 6 heteroatoms. The molecule has 2 heterocycles. The number of hydrogen-bond donors (Lipinski definition) is 1. The summed E-state index contributed by atoms with van der Waals surface area (Å²) in [4.78, 5) is 16.1. The lowest BCUT2D eigenvalue weighted by molar-refractivity contribution is 0.0680. The second kappa shape index (κ2) is 7.44. The number of hydrogen-bond acceptors (Lipinski definition) is 4. The van der Waals surface area contributed by atoms with Gasteiger partial charge in [-0.25, -0.2) is 4.98 Å². The van der Waals surface area contributed by atoms with Crippen molar-refractivity contribution in [3.63, 3.8) is 0 Å². The average Bonchev–Trinajstić information content (AvgIpc) is 3.07. The molecule has 120 valence electrons. The van der Waals surface area contributed by atoms with Crippen LogP contribution in [0.3, 0.4) is 0 Å². The summed E-state index contributed by atoms with van der Waals surface area (Å²) < 4.78 is 11.3. The van der Waals surface area contributed by atoms with Crippen LogP contribution in [0.25, 0.3) is 0 Å². The Bertz CT molecular complexity index is 687. The van der Waals surface area contributed by atoms with Gasteiger partial charge in [0.1, 0.15) is 17.5 Å². The van der Waals surface area contributed by atoms with E-state index in [-0.39, 0.29) is 17.2 Å². The van der Waals surface area contributed by atoms with Gasteiger partial charge in [0.25, 0.3) is 5.91 Å². The summed E-state index contributed by atoms with van der Waals surface area (Å²) in [6.45, 7) is 1.32. The van der Waals surface area contributed by atoms with Gasteiger partial charge in [-0.15, -0.1) is 0 Å². The molecule has 1 aliphatic rings. The maximum absolute atomic E-state index is 12.2. The summed E-state index contributed by atoms with van der Waals surface area (Å²) in [6.07, 6.45) is 3.80. The Labute approximate surface area is 139 Å². The minimum Gasteiger partial charge on any atom is -0.491 e. The molecule has 0 saturated carbocycles. The number of halogens is 1. The van der Waals surface area contributed by atoms with E-state index in [9.17, 15) is 4.79 Å². The zero-order chi connectivity index (χ0) is 16.1. The van der Waals surface area contributed by atoms with E-state index in [1.54, 1.807) is 30.5 Å². The fraction of sp³-hybridized carbons (Fsp3) is 0.294. The number of nitrogens with zero attached hydrogens (tertiary/aromatic N) is 1. The predicted octanol–water partition coefficient (Wildman–Crippen LogP) is 3.55. The summed E-state index contributed by atoms with van der Waals surface area (Å²) >= 11 is 5.93. The van der Waals surface area contributed by atoms with Gasteiger partial charge in [-0.2, -0.15) is 0 Å². The molecule has 1 amide bonds. The lowest BCUT2D eigenvalue weighted by atomic mass is 10.2. The Morgan fingerprint density at radius 3 is 3.09 bits per heavy atom. The number of carbonyl (C=O) groups excluding carboxylic acids is 1. The third-order valence-corrected chi connectivity index (χ3v) is 3.86. The van der Waals surface area contributed by atoms with Gasteiger partial charge in [0.05, 0.1) is 11.7 Å². The fourth-order valence-electron chi connectivity index (χ4n) is 2.38. The number of amides is 1. The van der Waals surface area contributed by atoms with Crippen molar-refractivity contribution in [2.45, 2.75) is 18.9 Å². The van der Waals surface area contributed by atoms with Crippen molar-refractivity contribution in [3.05, 3.63) is 53.3 Å². The molecule has 1 atom stereocenters. The van der Waals surface area contributed by atoms with Gasteiger partial charge >= 0.3 is 0 Å². The van der Waals surface area contributed by atoms with Crippen LogP contribution in [0.1, 0.15) is 23.2 Å². The van der Waals surface area contributed by atoms with Crippen molar-refractivity contribution in [2.24, 2.45) is 0 Å². The van der Waals surface area contributed by atoms with Crippen LogP contribution in [-0.4, -0.2) is 30.2 Å². The molecule has 0 unspecified atom stereocenters. The minimum absolute atomic E-state index is 0.155. The van der Waals surface area contributed by atoms with Crippen molar-refractivity contribution in [1.29, 1.82) is 0 Å². The Morgan fingerprint density at radius 1 is 1.39 bits per heavy atom. The van der Waals surface area contributed by atoms with Crippen molar-refractivity contribution in [1.82, 2.24) is 4.98 Å². The molecule has 1 aliphatic heterocycles. The first-order valence-electron chi connectivity index (χ1n) is 7.49. The maximum atomic E-state index is 12.2. The first-order valence-corrected chi connectivity index (χ1v) is 7.86. The highest BCUT2D eigenvalue weighted by atomic mass is 35.5. The van der Waals surface area contributed by atoms with Crippen LogP contribution < -0.4 is 10.1 Å². The summed E-state index contributed by atoms with van der Waals surface area (Å²) in [5.74, 6) is 0.384. The zero-order valence-electron chi connectivity index (χ0n) is 12.5. The highest BCUT2D eigenvalue weighted by molar-refractivity contribution is 6.33. The van der Waals surface area contributed by atoms with Crippen LogP contribution in [0.4, 0.5) is 5.69 Å². The number of benzene rings is 1. The molecule has 0 bridgehead atoms. The van der Waals surface area contributed by atoms with E-state index in [1.807, 2.05) is 12.1 Å². The number of nitrogens with one attached hydrogen (secondary N) is 1. The fourth-order valence-corrected chi connectivity index (χ4v) is 2.59. The van der Waals surface area contributed by atoms with Crippen LogP contribution in [0.2, 0.25) is 5.15 Å². The molecule has 1 aromatic carbocycles. The lowest BCUT2D eigenvalue weighted by Crippen LogP contribution is -2.16. The van der Waals surface area contributed by atoms with Crippen LogP contribution in [0.15, 0.2) is 42.6 Å². The smallest absolute Gasteiger partial charge is 0.258 e. The molecule has 3 rings (SSSR count). The van der Waals surface area contributed by atoms with Crippen LogP contribution in [0.5, 0.6) is 5.75 Å². The van der Waals surface area contributed by atoms with Gasteiger partial charge in [0.2, 0.25) is 0 Å². The van der Waals surface area contributed by atoms with Crippen molar-refractivity contribution in [3.8, 4) is 5.75 Å². The number of anilines is 1. The van der Waals surface area contributed by atoms with Crippen LogP contribution in [-0.2, 0) is 4.74 Å². The van der Waals surface area contributed by atoms with Gasteiger partial charge in [0.15, 0.2) is 0 Å². The standard InChI is InChI=1S/C17H17ClN2O3/c18-16-15(7-2-8-19-16)17(21)20-12-4-1-5-13(10-12)23-11-14-6-3-9-22-14/h1-2,4-5,7-8,10,14H,3,6,9,11H2,(H,20,21)/t14-/m1/s1. The van der Waals surface area contributed by atoms with E-state index >= 15 is 0 Å². The van der Waals surface area contributed by atoms with Gasteiger partial charge in [-0.3, -0.25) is 4.79 Å². The molecule has 0 spiro atoms.